The zero-order chi connectivity index (χ0) is 21.6. The second-order valence-corrected chi connectivity index (χ2v) is 8.86. The van der Waals surface area contributed by atoms with E-state index in [0.29, 0.717) is 12.3 Å². The summed E-state index contributed by atoms with van der Waals surface area (Å²) in [5.74, 6) is 1.37. The first-order valence-electron chi connectivity index (χ1n) is 9.62. The number of hydrogen-bond donors (Lipinski definition) is 3. The van der Waals surface area contributed by atoms with Crippen molar-refractivity contribution in [3.8, 4) is 11.4 Å². The van der Waals surface area contributed by atoms with Crippen LogP contribution in [0.15, 0.2) is 81.5 Å². The molecule has 7 nitrogen and oxygen atoms in total. The van der Waals surface area contributed by atoms with Crippen molar-refractivity contribution in [2.75, 3.05) is 12.4 Å². The summed E-state index contributed by atoms with van der Waals surface area (Å²) in [5.41, 5.74) is 7.93. The van der Waals surface area contributed by atoms with Crippen molar-refractivity contribution < 1.29 is 9.90 Å². The molecule has 2 heterocycles. The average molecular weight is 452 g/mol. The number of pyridine rings is 1. The number of nitrogens with two attached hydrogens (primary N) is 1. The topological polar surface area (TPSA) is 106 Å². The Labute approximate surface area is 188 Å². The minimum absolute atomic E-state index is 0.115. The Hall–Kier alpha value is -3.01. The van der Waals surface area contributed by atoms with E-state index in [1.54, 1.807) is 23.5 Å². The van der Waals surface area contributed by atoms with E-state index in [-0.39, 0.29) is 6.61 Å². The highest BCUT2D eigenvalue weighted by Gasteiger charge is 2.13. The second-order valence-electron chi connectivity index (χ2n) is 6.61. The molecule has 0 saturated heterocycles. The van der Waals surface area contributed by atoms with E-state index >= 15 is 0 Å². The summed E-state index contributed by atoms with van der Waals surface area (Å²) < 4.78 is 1.98. The van der Waals surface area contributed by atoms with E-state index in [1.165, 1.54) is 0 Å². The number of nitrogens with zero attached hydrogens (tertiary/aromatic N) is 3. The van der Waals surface area contributed by atoms with Crippen LogP contribution < -0.4 is 11.1 Å². The fourth-order valence-corrected chi connectivity index (χ4v) is 4.87. The molecule has 0 aliphatic heterocycles. The number of amides is 2. The molecule has 4 aromatic rings. The van der Waals surface area contributed by atoms with Crippen LogP contribution >= 0.6 is 23.5 Å². The molecule has 2 amide bonds. The summed E-state index contributed by atoms with van der Waals surface area (Å²) in [6.45, 7) is 0.485. The molecule has 0 fully saturated rings. The fraction of sp³-hybridized carbons (Fsp3) is 0.136. The Kier molecular flexibility index (Phi) is 6.76. The van der Waals surface area contributed by atoms with Crippen molar-refractivity contribution in [1.82, 2.24) is 19.9 Å². The minimum Gasteiger partial charge on any atom is -0.396 e. The Morgan fingerprint density at radius 2 is 1.81 bits per heavy atom. The molecule has 0 aliphatic rings. The number of thioether (sulfide) groups is 1. The molecule has 0 spiro atoms. The number of primary amides is 1. The van der Waals surface area contributed by atoms with Gasteiger partial charge in [-0.1, -0.05) is 48.2 Å². The van der Waals surface area contributed by atoms with Crippen LogP contribution in [0.3, 0.4) is 0 Å². The molecule has 4 N–H and O–H groups in total. The largest absolute Gasteiger partial charge is 0.396 e. The van der Waals surface area contributed by atoms with Gasteiger partial charge in [-0.15, -0.1) is 22.0 Å². The molecule has 4 rings (SSSR count). The summed E-state index contributed by atoms with van der Waals surface area (Å²) >= 11 is 3.19. The maximum absolute atomic E-state index is 11.1. The van der Waals surface area contributed by atoms with Crippen molar-refractivity contribution in [3.63, 3.8) is 0 Å². The standard InChI is InChI=1S/C22H21N5O2S2/c23-22(29)24-13-15-5-1-3-7-18(15)31-16-9-10-20-25-26-21(27(20)14-16)17-6-2-4-8-19(17)30-12-11-28/h1-10,14,28H,11-13H2,(H3,23,24,29). The number of hydrogen-bond acceptors (Lipinski definition) is 6. The van der Waals surface area contributed by atoms with E-state index in [2.05, 4.69) is 15.5 Å². The molecule has 2 aromatic heterocycles. The average Bonchev–Trinajstić information content (AvgIpc) is 3.20. The number of fused-ring (bicyclic) bond motifs is 1. The normalized spacial score (nSPS) is 11.0. The Morgan fingerprint density at radius 3 is 2.61 bits per heavy atom. The quantitative estimate of drug-likeness (QED) is 0.352. The maximum atomic E-state index is 11.1. The lowest BCUT2D eigenvalue weighted by molar-refractivity contribution is 0.248. The molecule has 158 valence electrons. The third-order valence-corrected chi connectivity index (χ3v) is 6.65. The van der Waals surface area contributed by atoms with Gasteiger partial charge in [0.15, 0.2) is 11.5 Å². The second kappa shape index (κ2) is 9.86. The maximum Gasteiger partial charge on any atom is 0.312 e. The monoisotopic (exact) mass is 451 g/mol. The molecular weight excluding hydrogens is 430 g/mol. The lowest BCUT2D eigenvalue weighted by Gasteiger charge is -2.10. The third-order valence-electron chi connectivity index (χ3n) is 4.51. The molecule has 31 heavy (non-hydrogen) atoms. The van der Waals surface area contributed by atoms with E-state index < -0.39 is 6.03 Å². The van der Waals surface area contributed by atoms with Gasteiger partial charge < -0.3 is 16.2 Å². The number of aliphatic hydroxyl groups is 1. The predicted molar refractivity (Wildman–Crippen MR) is 123 cm³/mol. The van der Waals surface area contributed by atoms with Crippen LogP contribution in [0.5, 0.6) is 0 Å². The zero-order valence-corrected chi connectivity index (χ0v) is 18.2. The predicted octanol–water partition coefficient (Wildman–Crippen LogP) is 3.80. The van der Waals surface area contributed by atoms with E-state index in [1.807, 2.05) is 71.3 Å². The van der Waals surface area contributed by atoms with Crippen molar-refractivity contribution >= 4 is 35.2 Å². The van der Waals surface area contributed by atoms with E-state index in [4.69, 9.17) is 5.73 Å². The highest BCUT2D eigenvalue weighted by molar-refractivity contribution is 7.99. The van der Waals surface area contributed by atoms with Gasteiger partial charge in [-0.2, -0.15) is 0 Å². The Morgan fingerprint density at radius 1 is 1.03 bits per heavy atom. The van der Waals surface area contributed by atoms with Gasteiger partial charge in [0.05, 0.1) is 6.61 Å². The molecule has 2 aromatic carbocycles. The van der Waals surface area contributed by atoms with Crippen LogP contribution in [0.2, 0.25) is 0 Å². The number of aromatic nitrogens is 3. The third kappa shape index (κ3) is 5.01. The summed E-state index contributed by atoms with van der Waals surface area (Å²) in [4.78, 5) is 14.2. The van der Waals surface area contributed by atoms with Gasteiger partial charge in [-0.25, -0.2) is 4.79 Å². The number of rotatable bonds is 8. The smallest absolute Gasteiger partial charge is 0.312 e. The van der Waals surface area contributed by atoms with Gasteiger partial charge in [0.2, 0.25) is 0 Å². The highest BCUT2D eigenvalue weighted by atomic mass is 32.2. The van der Waals surface area contributed by atoms with Gasteiger partial charge in [-0.05, 0) is 29.8 Å². The molecule has 0 bridgehead atoms. The van der Waals surface area contributed by atoms with Gasteiger partial charge in [0, 0.05) is 38.7 Å². The lowest BCUT2D eigenvalue weighted by Crippen LogP contribution is -2.28. The first-order valence-corrected chi connectivity index (χ1v) is 11.4. The number of carbonyl (C=O) groups is 1. The van der Waals surface area contributed by atoms with Crippen LogP contribution in [0, 0.1) is 0 Å². The van der Waals surface area contributed by atoms with Crippen LogP contribution in [-0.4, -0.2) is 38.1 Å². The van der Waals surface area contributed by atoms with Crippen molar-refractivity contribution in [1.29, 1.82) is 0 Å². The first-order chi connectivity index (χ1) is 15.2. The number of benzene rings is 2. The SMILES string of the molecule is NC(=O)NCc1ccccc1Sc1ccc2nnc(-c3ccccc3SCCO)n2c1. The summed E-state index contributed by atoms with van der Waals surface area (Å²) in [6.07, 6.45) is 2.01. The molecule has 0 unspecified atom stereocenters. The Bertz CT molecular complexity index is 1210. The highest BCUT2D eigenvalue weighted by Crippen LogP contribution is 2.33. The number of aliphatic hydroxyl groups excluding tert-OH is 1. The van der Waals surface area contributed by atoms with Crippen LogP contribution in [-0.2, 0) is 6.54 Å². The fourth-order valence-electron chi connectivity index (χ4n) is 3.11. The molecule has 0 radical (unpaired) electrons. The van der Waals surface area contributed by atoms with Crippen molar-refractivity contribution in [2.24, 2.45) is 5.73 Å². The minimum atomic E-state index is -0.548. The van der Waals surface area contributed by atoms with Crippen LogP contribution in [0.25, 0.3) is 17.0 Å². The van der Waals surface area contributed by atoms with Crippen molar-refractivity contribution in [2.45, 2.75) is 21.2 Å². The zero-order valence-electron chi connectivity index (χ0n) is 16.6. The van der Waals surface area contributed by atoms with Gasteiger partial charge in [0.25, 0.3) is 0 Å². The van der Waals surface area contributed by atoms with E-state index in [9.17, 15) is 9.90 Å². The van der Waals surface area contributed by atoms with Gasteiger partial charge in [-0.3, -0.25) is 4.40 Å². The summed E-state index contributed by atoms with van der Waals surface area (Å²) in [7, 11) is 0. The van der Waals surface area contributed by atoms with Crippen LogP contribution in [0.1, 0.15) is 5.56 Å². The van der Waals surface area contributed by atoms with E-state index in [0.717, 1.165) is 37.3 Å². The van der Waals surface area contributed by atoms with Crippen molar-refractivity contribution in [3.05, 3.63) is 72.4 Å². The van der Waals surface area contributed by atoms with Gasteiger partial charge >= 0.3 is 6.03 Å². The Balaban J connectivity index is 1.67. The number of urea groups is 1. The number of carbonyl (C=O) groups excluding carboxylic acids is 1. The van der Waals surface area contributed by atoms with Crippen LogP contribution in [0.4, 0.5) is 4.79 Å². The molecule has 9 heteroatoms. The molecule has 0 aliphatic carbocycles. The summed E-state index contributed by atoms with van der Waals surface area (Å²) in [5, 5.41) is 20.6. The van der Waals surface area contributed by atoms with Gasteiger partial charge in [0.1, 0.15) is 0 Å². The number of nitrogens with one attached hydrogen (secondary N) is 1. The first kappa shape index (κ1) is 21.2. The molecule has 0 atom stereocenters. The lowest BCUT2D eigenvalue weighted by atomic mass is 10.2. The summed E-state index contributed by atoms with van der Waals surface area (Å²) in [6, 6.07) is 19.3. The molecular formula is C22H21N5O2S2. The molecule has 0 saturated carbocycles.